The van der Waals surface area contributed by atoms with Crippen molar-refractivity contribution in [3.05, 3.63) is 71.9 Å². The van der Waals surface area contributed by atoms with Crippen molar-refractivity contribution in [3.8, 4) is 5.75 Å². The molecule has 3 rings (SSSR count). The van der Waals surface area contributed by atoms with E-state index < -0.39 is 0 Å². The van der Waals surface area contributed by atoms with E-state index in [0.29, 0.717) is 13.2 Å². The van der Waals surface area contributed by atoms with Crippen LogP contribution in [0.25, 0.3) is 23.1 Å². The lowest BCUT2D eigenvalue weighted by atomic mass is 10.1. The molecule has 0 fully saturated rings. The van der Waals surface area contributed by atoms with Gasteiger partial charge in [0.25, 0.3) is 0 Å². The lowest BCUT2D eigenvalue weighted by Gasteiger charge is -2.05. The van der Waals surface area contributed by atoms with Gasteiger partial charge in [0.15, 0.2) is 0 Å². The number of nitrogens with zero attached hydrogens (tertiary/aromatic N) is 1. The van der Waals surface area contributed by atoms with Gasteiger partial charge in [0.1, 0.15) is 12.4 Å². The number of hydrogen-bond acceptors (Lipinski definition) is 3. The van der Waals surface area contributed by atoms with E-state index in [-0.39, 0.29) is 0 Å². The van der Waals surface area contributed by atoms with Crippen LogP contribution in [-0.2, 0) is 4.74 Å². The number of hydrogen-bond donors (Lipinski definition) is 0. The summed E-state index contributed by atoms with van der Waals surface area (Å²) in [4.78, 5) is 4.64. The predicted octanol–water partition coefficient (Wildman–Crippen LogP) is 4.43. The van der Waals surface area contributed by atoms with Gasteiger partial charge in [0, 0.05) is 12.5 Å². The average Bonchev–Trinajstić information content (AvgIpc) is 2.60. The lowest BCUT2D eigenvalue weighted by molar-refractivity contribution is 0.146. The summed E-state index contributed by atoms with van der Waals surface area (Å²) in [7, 11) is 1.67. The molecule has 2 aromatic carbocycles. The number of rotatable bonds is 6. The van der Waals surface area contributed by atoms with Gasteiger partial charge in [-0.25, -0.2) is 4.98 Å². The average molecular weight is 305 g/mol. The van der Waals surface area contributed by atoms with Crippen LogP contribution in [-0.4, -0.2) is 25.3 Å². The zero-order valence-corrected chi connectivity index (χ0v) is 13.1. The van der Waals surface area contributed by atoms with Crippen molar-refractivity contribution in [2.24, 2.45) is 0 Å². The SMILES string of the molecule is COCCOc1cccc(C=Cc2ccc3ccccc3n2)c1. The zero-order chi connectivity index (χ0) is 15.9. The van der Waals surface area contributed by atoms with E-state index in [1.807, 2.05) is 60.7 Å². The van der Waals surface area contributed by atoms with Crippen LogP contribution in [0, 0.1) is 0 Å². The Balaban J connectivity index is 1.74. The third-order valence-electron chi connectivity index (χ3n) is 3.48. The van der Waals surface area contributed by atoms with Gasteiger partial charge >= 0.3 is 0 Å². The topological polar surface area (TPSA) is 31.4 Å². The van der Waals surface area contributed by atoms with Crippen LogP contribution >= 0.6 is 0 Å². The van der Waals surface area contributed by atoms with Gasteiger partial charge in [-0.05, 0) is 35.9 Å². The first-order valence-electron chi connectivity index (χ1n) is 7.61. The molecule has 0 saturated carbocycles. The molecule has 1 heterocycles. The number of methoxy groups -OCH3 is 1. The molecule has 0 amide bonds. The fourth-order valence-electron chi connectivity index (χ4n) is 2.31. The van der Waals surface area contributed by atoms with Gasteiger partial charge in [0.05, 0.1) is 17.8 Å². The quantitative estimate of drug-likeness (QED) is 0.631. The summed E-state index contributed by atoms with van der Waals surface area (Å²) in [5.74, 6) is 0.843. The molecule has 0 aliphatic heterocycles. The minimum absolute atomic E-state index is 0.551. The maximum Gasteiger partial charge on any atom is 0.120 e. The van der Waals surface area contributed by atoms with Gasteiger partial charge in [0.2, 0.25) is 0 Å². The molecule has 0 atom stereocenters. The van der Waals surface area contributed by atoms with Crippen LogP contribution in [0.5, 0.6) is 5.75 Å². The smallest absolute Gasteiger partial charge is 0.120 e. The second kappa shape index (κ2) is 7.56. The molecule has 0 N–H and O–H groups in total. The van der Waals surface area contributed by atoms with Crippen molar-refractivity contribution < 1.29 is 9.47 Å². The molecule has 0 spiro atoms. The lowest BCUT2D eigenvalue weighted by Crippen LogP contribution is -2.04. The molecule has 3 nitrogen and oxygen atoms in total. The van der Waals surface area contributed by atoms with Gasteiger partial charge in [-0.2, -0.15) is 0 Å². The van der Waals surface area contributed by atoms with E-state index in [9.17, 15) is 0 Å². The number of fused-ring (bicyclic) bond motifs is 1. The van der Waals surface area contributed by atoms with Gasteiger partial charge in [-0.1, -0.05) is 42.5 Å². The summed E-state index contributed by atoms with van der Waals surface area (Å²) in [6, 6.07) is 20.2. The Kier molecular flexibility index (Phi) is 5.02. The Morgan fingerprint density at radius 3 is 2.74 bits per heavy atom. The molecule has 0 aliphatic rings. The molecular formula is C20H19NO2. The van der Waals surface area contributed by atoms with E-state index in [1.54, 1.807) is 7.11 Å². The highest BCUT2D eigenvalue weighted by atomic mass is 16.5. The Morgan fingerprint density at radius 1 is 0.913 bits per heavy atom. The zero-order valence-electron chi connectivity index (χ0n) is 13.1. The van der Waals surface area contributed by atoms with Gasteiger partial charge < -0.3 is 9.47 Å². The Labute approximate surface area is 136 Å². The summed E-state index contributed by atoms with van der Waals surface area (Å²) < 4.78 is 10.6. The van der Waals surface area contributed by atoms with Crippen LogP contribution in [0.15, 0.2) is 60.7 Å². The number of ether oxygens (including phenoxy) is 2. The first-order valence-corrected chi connectivity index (χ1v) is 7.61. The maximum absolute atomic E-state index is 5.62. The second-order valence-electron chi connectivity index (χ2n) is 5.18. The number of benzene rings is 2. The first kappa shape index (κ1) is 15.3. The van der Waals surface area contributed by atoms with E-state index >= 15 is 0 Å². The standard InChI is InChI=1S/C20H19NO2/c1-22-13-14-23-19-7-4-5-16(15-19)9-11-18-12-10-17-6-2-3-8-20(17)21-18/h2-12,15H,13-14H2,1H3. The highest BCUT2D eigenvalue weighted by Gasteiger charge is 1.97. The molecule has 3 heteroatoms. The first-order chi connectivity index (χ1) is 11.3. The Hall–Kier alpha value is -2.65. The van der Waals surface area contributed by atoms with Crippen LogP contribution in [0.2, 0.25) is 0 Å². The van der Waals surface area contributed by atoms with Crippen molar-refractivity contribution in [1.29, 1.82) is 0 Å². The molecule has 23 heavy (non-hydrogen) atoms. The molecule has 116 valence electrons. The highest BCUT2D eigenvalue weighted by molar-refractivity contribution is 5.80. The third-order valence-corrected chi connectivity index (χ3v) is 3.48. The van der Waals surface area contributed by atoms with Crippen LogP contribution in [0.3, 0.4) is 0 Å². The molecular weight excluding hydrogens is 286 g/mol. The summed E-state index contributed by atoms with van der Waals surface area (Å²) in [6.07, 6.45) is 4.06. The molecule has 0 saturated heterocycles. The van der Waals surface area contributed by atoms with Crippen LogP contribution in [0.1, 0.15) is 11.3 Å². The molecule has 0 aliphatic carbocycles. The van der Waals surface area contributed by atoms with E-state index in [0.717, 1.165) is 27.9 Å². The second-order valence-corrected chi connectivity index (χ2v) is 5.18. The molecule has 1 aromatic heterocycles. The van der Waals surface area contributed by atoms with E-state index in [4.69, 9.17) is 9.47 Å². The van der Waals surface area contributed by atoms with E-state index in [2.05, 4.69) is 17.1 Å². The maximum atomic E-state index is 5.62. The van der Waals surface area contributed by atoms with Crippen molar-refractivity contribution in [2.75, 3.05) is 20.3 Å². The van der Waals surface area contributed by atoms with Gasteiger partial charge in [-0.3, -0.25) is 0 Å². The summed E-state index contributed by atoms with van der Waals surface area (Å²) in [5.41, 5.74) is 3.02. The molecule has 3 aromatic rings. The molecule has 0 bridgehead atoms. The fraction of sp³-hybridized carbons (Fsp3) is 0.150. The minimum Gasteiger partial charge on any atom is -0.491 e. The Bertz CT molecular complexity index is 811. The minimum atomic E-state index is 0.551. The number of aromatic nitrogens is 1. The normalized spacial score (nSPS) is 11.2. The molecule has 0 radical (unpaired) electrons. The van der Waals surface area contributed by atoms with Gasteiger partial charge in [-0.15, -0.1) is 0 Å². The van der Waals surface area contributed by atoms with E-state index in [1.165, 1.54) is 0 Å². The van der Waals surface area contributed by atoms with Crippen LogP contribution in [0.4, 0.5) is 0 Å². The Morgan fingerprint density at radius 2 is 1.83 bits per heavy atom. The number of para-hydroxylation sites is 1. The van der Waals surface area contributed by atoms with Crippen molar-refractivity contribution in [1.82, 2.24) is 4.98 Å². The summed E-state index contributed by atoms with van der Waals surface area (Å²) in [5, 5.41) is 1.15. The van der Waals surface area contributed by atoms with Crippen molar-refractivity contribution >= 4 is 23.1 Å². The fourth-order valence-corrected chi connectivity index (χ4v) is 2.31. The third kappa shape index (κ3) is 4.18. The summed E-state index contributed by atoms with van der Waals surface area (Å²) >= 11 is 0. The van der Waals surface area contributed by atoms with Crippen molar-refractivity contribution in [2.45, 2.75) is 0 Å². The predicted molar refractivity (Wildman–Crippen MR) is 94.5 cm³/mol. The van der Waals surface area contributed by atoms with Crippen molar-refractivity contribution in [3.63, 3.8) is 0 Å². The number of pyridine rings is 1. The monoisotopic (exact) mass is 305 g/mol. The summed E-state index contributed by atoms with van der Waals surface area (Å²) in [6.45, 7) is 1.14. The highest BCUT2D eigenvalue weighted by Crippen LogP contribution is 2.17. The largest absolute Gasteiger partial charge is 0.491 e. The van der Waals surface area contributed by atoms with Crippen LogP contribution < -0.4 is 4.74 Å². The molecule has 0 unspecified atom stereocenters.